The minimum atomic E-state index is -8.04. The molecule has 0 N–H and O–H groups in total. The summed E-state index contributed by atoms with van der Waals surface area (Å²) in [5.41, 5.74) is 0. The molecule has 0 aliphatic carbocycles. The van der Waals surface area contributed by atoms with Crippen LogP contribution in [0.2, 0.25) is 0 Å². The second-order valence-electron chi connectivity index (χ2n) is 6.04. The van der Waals surface area contributed by atoms with E-state index < -0.39 is 79.3 Å². The fraction of sp³-hybridized carbons (Fsp3) is 0.769. The molecule has 2 amide bonds. The first-order valence-corrected chi connectivity index (χ1v) is 7.57. The molecule has 0 saturated carbocycles. The standard InChI is InChI=1S/C13H8F13NO4/c14-8(15,4-3-7(30)31-27-5(28)1-2-6(27)29)9(16,17)10(18,19)11(20,21)12(22,23)13(24,25)26/h1-4H2. The van der Waals surface area contributed by atoms with Crippen molar-refractivity contribution in [2.24, 2.45) is 0 Å². The Kier molecular flexibility index (Phi) is 6.63. The molecule has 0 aromatic heterocycles. The van der Waals surface area contributed by atoms with Crippen LogP contribution in [0.4, 0.5) is 57.1 Å². The van der Waals surface area contributed by atoms with Crippen molar-refractivity contribution in [3.8, 4) is 0 Å². The summed E-state index contributed by atoms with van der Waals surface area (Å²) in [6.45, 7) is 0. The van der Waals surface area contributed by atoms with Gasteiger partial charge in [0, 0.05) is 19.3 Å². The second-order valence-corrected chi connectivity index (χ2v) is 6.04. The molecule has 180 valence electrons. The van der Waals surface area contributed by atoms with E-state index in [1.807, 2.05) is 0 Å². The van der Waals surface area contributed by atoms with Crippen molar-refractivity contribution in [2.75, 3.05) is 0 Å². The maximum atomic E-state index is 13.5. The fourth-order valence-corrected chi connectivity index (χ4v) is 2.02. The summed E-state index contributed by atoms with van der Waals surface area (Å²) in [5, 5.41) is -0.286. The normalized spacial score (nSPS) is 17.4. The van der Waals surface area contributed by atoms with Crippen molar-refractivity contribution in [3.05, 3.63) is 0 Å². The summed E-state index contributed by atoms with van der Waals surface area (Å²) < 4.78 is 168. The first kappa shape index (κ1) is 26.7. The Morgan fingerprint density at radius 2 is 1.10 bits per heavy atom. The Labute approximate surface area is 162 Å². The molecule has 0 aromatic rings. The van der Waals surface area contributed by atoms with Crippen molar-refractivity contribution in [3.63, 3.8) is 0 Å². The number of hydrogen-bond donors (Lipinski definition) is 0. The van der Waals surface area contributed by atoms with Crippen LogP contribution in [0, 0.1) is 0 Å². The summed E-state index contributed by atoms with van der Waals surface area (Å²) >= 11 is 0. The summed E-state index contributed by atoms with van der Waals surface area (Å²) in [7, 11) is 0. The largest absolute Gasteiger partial charge is 0.460 e. The molecular formula is C13H8F13NO4. The smallest absolute Gasteiger partial charge is 0.330 e. The molecule has 1 heterocycles. The Balaban J connectivity index is 3.07. The van der Waals surface area contributed by atoms with Gasteiger partial charge in [-0.05, 0) is 0 Å². The Bertz CT molecular complexity index is 730. The Hall–Kier alpha value is -2.30. The zero-order valence-electron chi connectivity index (χ0n) is 14.3. The highest BCUT2D eigenvalue weighted by atomic mass is 19.4. The molecule has 0 spiro atoms. The Morgan fingerprint density at radius 3 is 1.48 bits per heavy atom. The topological polar surface area (TPSA) is 63.7 Å². The average Bonchev–Trinajstić information content (AvgIpc) is 2.90. The van der Waals surface area contributed by atoms with Crippen LogP contribution in [0.15, 0.2) is 0 Å². The summed E-state index contributed by atoms with van der Waals surface area (Å²) in [4.78, 5) is 37.4. The van der Waals surface area contributed by atoms with E-state index in [4.69, 9.17) is 0 Å². The number of carbonyl (C=O) groups is 3. The van der Waals surface area contributed by atoms with Gasteiger partial charge in [0.25, 0.3) is 11.8 Å². The summed E-state index contributed by atoms with van der Waals surface area (Å²) in [6, 6.07) is 0. The van der Waals surface area contributed by atoms with Gasteiger partial charge in [0.05, 0.1) is 6.42 Å². The number of alkyl halides is 13. The number of hydrogen-bond acceptors (Lipinski definition) is 4. The molecule has 1 fully saturated rings. The summed E-state index contributed by atoms with van der Waals surface area (Å²) in [6.07, 6.45) is -13.4. The minimum Gasteiger partial charge on any atom is -0.330 e. The van der Waals surface area contributed by atoms with Crippen LogP contribution >= 0.6 is 0 Å². The van der Waals surface area contributed by atoms with Gasteiger partial charge in [-0.3, -0.25) is 9.59 Å². The predicted octanol–water partition coefficient (Wildman–Crippen LogP) is 4.11. The third-order valence-corrected chi connectivity index (χ3v) is 3.84. The number of carbonyl (C=O) groups excluding carboxylic acids is 3. The molecule has 1 aliphatic rings. The number of hydroxylamine groups is 2. The van der Waals surface area contributed by atoms with Gasteiger partial charge >= 0.3 is 41.8 Å². The van der Waals surface area contributed by atoms with Gasteiger partial charge in [-0.2, -0.15) is 57.1 Å². The molecule has 5 nitrogen and oxygen atoms in total. The second kappa shape index (κ2) is 7.68. The van der Waals surface area contributed by atoms with E-state index in [0.29, 0.717) is 0 Å². The van der Waals surface area contributed by atoms with Crippen LogP contribution in [0.5, 0.6) is 0 Å². The lowest BCUT2D eigenvalue weighted by molar-refractivity contribution is -0.440. The fourth-order valence-electron chi connectivity index (χ4n) is 2.02. The van der Waals surface area contributed by atoms with E-state index in [1.165, 1.54) is 0 Å². The van der Waals surface area contributed by atoms with Gasteiger partial charge in [0.1, 0.15) is 0 Å². The van der Waals surface area contributed by atoms with Crippen molar-refractivity contribution in [1.82, 2.24) is 5.06 Å². The highest BCUT2D eigenvalue weighted by Crippen LogP contribution is 2.60. The molecule has 1 aliphatic heterocycles. The predicted molar refractivity (Wildman–Crippen MR) is 67.2 cm³/mol. The monoisotopic (exact) mass is 489 g/mol. The number of rotatable bonds is 8. The van der Waals surface area contributed by atoms with E-state index >= 15 is 0 Å². The van der Waals surface area contributed by atoms with Crippen LogP contribution in [-0.4, -0.2) is 58.6 Å². The van der Waals surface area contributed by atoms with E-state index in [2.05, 4.69) is 4.84 Å². The lowest BCUT2D eigenvalue weighted by Gasteiger charge is -2.39. The van der Waals surface area contributed by atoms with Gasteiger partial charge in [-0.15, -0.1) is 5.06 Å². The van der Waals surface area contributed by atoms with Crippen LogP contribution in [0.3, 0.4) is 0 Å². The van der Waals surface area contributed by atoms with Crippen LogP contribution in [0.25, 0.3) is 0 Å². The first-order valence-electron chi connectivity index (χ1n) is 7.57. The minimum absolute atomic E-state index is 0.286. The molecule has 0 bridgehead atoms. The van der Waals surface area contributed by atoms with Gasteiger partial charge < -0.3 is 4.84 Å². The first-order chi connectivity index (χ1) is 13.5. The number of imide groups is 1. The van der Waals surface area contributed by atoms with Gasteiger partial charge in [0.2, 0.25) is 0 Å². The molecule has 31 heavy (non-hydrogen) atoms. The van der Waals surface area contributed by atoms with Crippen molar-refractivity contribution in [2.45, 2.75) is 61.5 Å². The van der Waals surface area contributed by atoms with Crippen LogP contribution < -0.4 is 0 Å². The number of amides is 2. The van der Waals surface area contributed by atoms with Gasteiger partial charge in [0.15, 0.2) is 0 Å². The highest BCUT2D eigenvalue weighted by molar-refractivity contribution is 6.01. The maximum absolute atomic E-state index is 13.5. The molecule has 1 saturated heterocycles. The van der Waals surface area contributed by atoms with E-state index in [0.717, 1.165) is 0 Å². The van der Waals surface area contributed by atoms with E-state index in [-0.39, 0.29) is 5.06 Å². The van der Waals surface area contributed by atoms with Crippen molar-refractivity contribution >= 4 is 17.8 Å². The highest BCUT2D eigenvalue weighted by Gasteiger charge is 2.90. The molecule has 0 unspecified atom stereocenters. The van der Waals surface area contributed by atoms with Crippen LogP contribution in [0.1, 0.15) is 25.7 Å². The van der Waals surface area contributed by atoms with Gasteiger partial charge in [-0.1, -0.05) is 0 Å². The third kappa shape index (κ3) is 4.24. The lowest BCUT2D eigenvalue weighted by atomic mass is 9.92. The molecular weight excluding hydrogens is 481 g/mol. The molecule has 0 aromatic carbocycles. The third-order valence-electron chi connectivity index (χ3n) is 3.84. The van der Waals surface area contributed by atoms with E-state index in [1.54, 1.807) is 0 Å². The van der Waals surface area contributed by atoms with Crippen molar-refractivity contribution in [1.29, 1.82) is 0 Å². The van der Waals surface area contributed by atoms with E-state index in [9.17, 15) is 71.5 Å². The molecule has 1 rings (SSSR count). The van der Waals surface area contributed by atoms with Gasteiger partial charge in [-0.25, -0.2) is 4.79 Å². The zero-order valence-corrected chi connectivity index (χ0v) is 14.3. The molecule has 0 atom stereocenters. The van der Waals surface area contributed by atoms with Crippen LogP contribution in [-0.2, 0) is 19.2 Å². The van der Waals surface area contributed by atoms with Crippen molar-refractivity contribution < 1.29 is 76.3 Å². The Morgan fingerprint density at radius 1 is 0.710 bits per heavy atom. The summed E-state index contributed by atoms with van der Waals surface area (Å²) in [5.74, 6) is -42.3. The maximum Gasteiger partial charge on any atom is 0.460 e. The number of halogens is 13. The average molecular weight is 489 g/mol. The lowest BCUT2D eigenvalue weighted by Crippen LogP contribution is -2.70. The molecule has 18 heteroatoms. The zero-order chi connectivity index (χ0) is 24.8. The quantitative estimate of drug-likeness (QED) is 0.381. The molecule has 0 radical (unpaired) electrons. The SMILES string of the molecule is O=C(CCC(F)(F)C(F)(F)C(F)(F)C(F)(F)C(F)(F)C(F)(F)F)ON1C(=O)CCC1=O. The number of nitrogens with zero attached hydrogens (tertiary/aromatic N) is 1.